The van der Waals surface area contributed by atoms with Gasteiger partial charge in [0.2, 0.25) is 0 Å². The number of carbonyl (C=O) groups excluding carboxylic acids is 1. The summed E-state index contributed by atoms with van der Waals surface area (Å²) in [5, 5.41) is 5.20. The van der Waals surface area contributed by atoms with Crippen LogP contribution >= 0.6 is 0 Å². The maximum atomic E-state index is 12.4. The van der Waals surface area contributed by atoms with E-state index in [1.54, 1.807) is 6.07 Å². The van der Waals surface area contributed by atoms with E-state index in [0.29, 0.717) is 13.0 Å². The van der Waals surface area contributed by atoms with Gasteiger partial charge in [-0.25, -0.2) is 4.79 Å². The van der Waals surface area contributed by atoms with Crippen LogP contribution in [0.15, 0.2) is 48.5 Å². The number of benzene rings is 2. The topological polar surface area (TPSA) is 50.4 Å². The van der Waals surface area contributed by atoms with Gasteiger partial charge in [0.25, 0.3) is 0 Å². The van der Waals surface area contributed by atoms with Gasteiger partial charge in [-0.3, -0.25) is 0 Å². The van der Waals surface area contributed by atoms with Crippen LogP contribution in [-0.2, 0) is 13.0 Å². The quantitative estimate of drug-likeness (QED) is 0.827. The Balaban J connectivity index is 1.80. The Bertz CT molecular complexity index is 717. The number of carbonyl (C=O) groups is 1. The summed E-state index contributed by atoms with van der Waals surface area (Å²) in [6.07, 6.45) is -4.10. The van der Waals surface area contributed by atoms with Crippen molar-refractivity contribution in [1.82, 2.24) is 10.6 Å². The molecular weight excluding hydrogens is 333 g/mol. The second-order valence-electron chi connectivity index (χ2n) is 5.50. The minimum atomic E-state index is -4.77. The first-order chi connectivity index (χ1) is 11.8. The molecule has 0 saturated carbocycles. The average molecular weight is 352 g/mol. The molecule has 7 heteroatoms. The Morgan fingerprint density at radius 3 is 2.56 bits per heavy atom. The largest absolute Gasteiger partial charge is 0.573 e. The Labute approximate surface area is 144 Å². The van der Waals surface area contributed by atoms with Crippen LogP contribution in [0.1, 0.15) is 16.7 Å². The zero-order valence-corrected chi connectivity index (χ0v) is 13.7. The molecule has 0 unspecified atom stereocenters. The van der Waals surface area contributed by atoms with Gasteiger partial charge in [-0.15, -0.1) is 13.2 Å². The Morgan fingerprint density at radius 2 is 1.84 bits per heavy atom. The highest BCUT2D eigenvalue weighted by Crippen LogP contribution is 2.25. The van der Waals surface area contributed by atoms with E-state index >= 15 is 0 Å². The summed E-state index contributed by atoms with van der Waals surface area (Å²) in [5.41, 5.74) is 2.49. The van der Waals surface area contributed by atoms with Crippen molar-refractivity contribution in [3.8, 4) is 5.75 Å². The van der Waals surface area contributed by atoms with Gasteiger partial charge in [-0.05, 0) is 25.0 Å². The fraction of sp³-hybridized carbons (Fsp3) is 0.278. The number of ether oxygens (including phenoxy) is 1. The molecule has 0 spiro atoms. The second-order valence-corrected chi connectivity index (χ2v) is 5.50. The molecule has 2 N–H and O–H groups in total. The van der Waals surface area contributed by atoms with Gasteiger partial charge in [0, 0.05) is 18.7 Å². The summed E-state index contributed by atoms with van der Waals surface area (Å²) < 4.78 is 41.0. The lowest BCUT2D eigenvalue weighted by Gasteiger charge is -2.14. The molecule has 0 aliphatic rings. The molecule has 2 rings (SSSR count). The Morgan fingerprint density at radius 1 is 1.08 bits per heavy atom. The third-order valence-electron chi connectivity index (χ3n) is 3.42. The van der Waals surface area contributed by atoms with Crippen LogP contribution in [-0.4, -0.2) is 18.9 Å². The SMILES string of the molecule is Cc1cccc(CCNC(=O)NCc2ccccc2OC(F)(F)F)c1. The highest BCUT2D eigenvalue weighted by atomic mass is 19.4. The third-order valence-corrected chi connectivity index (χ3v) is 3.42. The zero-order valence-electron chi connectivity index (χ0n) is 13.7. The number of hydrogen-bond acceptors (Lipinski definition) is 2. The van der Waals surface area contributed by atoms with E-state index < -0.39 is 12.4 Å². The molecule has 0 radical (unpaired) electrons. The molecule has 2 aromatic rings. The molecule has 25 heavy (non-hydrogen) atoms. The molecule has 134 valence electrons. The molecular formula is C18H19F3N2O2. The van der Waals surface area contributed by atoms with Crippen molar-refractivity contribution >= 4 is 6.03 Å². The van der Waals surface area contributed by atoms with Crippen LogP contribution in [0.2, 0.25) is 0 Å². The molecule has 0 aromatic heterocycles. The van der Waals surface area contributed by atoms with Crippen LogP contribution in [0, 0.1) is 6.92 Å². The molecule has 0 aliphatic heterocycles. The second kappa shape index (κ2) is 8.41. The van der Waals surface area contributed by atoms with Crippen LogP contribution in [0.25, 0.3) is 0 Å². The highest BCUT2D eigenvalue weighted by molar-refractivity contribution is 5.73. The van der Waals surface area contributed by atoms with Crippen molar-refractivity contribution in [2.75, 3.05) is 6.54 Å². The number of hydrogen-bond donors (Lipinski definition) is 2. The lowest BCUT2D eigenvalue weighted by atomic mass is 10.1. The molecule has 4 nitrogen and oxygen atoms in total. The van der Waals surface area contributed by atoms with Crippen LogP contribution < -0.4 is 15.4 Å². The predicted molar refractivity (Wildman–Crippen MR) is 88.2 cm³/mol. The minimum absolute atomic E-state index is 0.0669. The van der Waals surface area contributed by atoms with Gasteiger partial charge in [0.05, 0.1) is 0 Å². The van der Waals surface area contributed by atoms with Crippen molar-refractivity contribution in [2.45, 2.75) is 26.3 Å². The average Bonchev–Trinajstić information content (AvgIpc) is 2.53. The van der Waals surface area contributed by atoms with E-state index in [9.17, 15) is 18.0 Å². The minimum Gasteiger partial charge on any atom is -0.405 e. The summed E-state index contributed by atoms with van der Waals surface area (Å²) in [6, 6.07) is 13.2. The molecule has 2 aromatic carbocycles. The first kappa shape index (κ1) is 18.6. The third kappa shape index (κ3) is 6.74. The van der Waals surface area contributed by atoms with Crippen molar-refractivity contribution in [3.63, 3.8) is 0 Å². The monoisotopic (exact) mass is 352 g/mol. The molecule has 0 aliphatic carbocycles. The van der Waals surface area contributed by atoms with E-state index in [1.165, 1.54) is 18.2 Å². The van der Waals surface area contributed by atoms with E-state index in [2.05, 4.69) is 15.4 Å². The van der Waals surface area contributed by atoms with Gasteiger partial charge in [-0.2, -0.15) is 0 Å². The molecule has 0 bridgehead atoms. The summed E-state index contributed by atoms with van der Waals surface area (Å²) >= 11 is 0. The first-order valence-corrected chi connectivity index (χ1v) is 7.74. The summed E-state index contributed by atoms with van der Waals surface area (Å²) in [7, 11) is 0. The Kier molecular flexibility index (Phi) is 6.27. The molecule has 0 atom stereocenters. The van der Waals surface area contributed by atoms with Gasteiger partial charge in [0.15, 0.2) is 0 Å². The standard InChI is InChI=1S/C18H19F3N2O2/c1-13-5-4-6-14(11-13)9-10-22-17(24)23-12-15-7-2-3-8-16(15)25-18(19,20)21/h2-8,11H,9-10,12H2,1H3,(H2,22,23,24). The van der Waals surface area contributed by atoms with Crippen LogP contribution in [0.5, 0.6) is 5.75 Å². The van der Waals surface area contributed by atoms with Crippen molar-refractivity contribution < 1.29 is 22.7 Å². The smallest absolute Gasteiger partial charge is 0.405 e. The van der Waals surface area contributed by atoms with Crippen LogP contribution in [0.4, 0.5) is 18.0 Å². The van der Waals surface area contributed by atoms with E-state index in [-0.39, 0.29) is 17.9 Å². The lowest BCUT2D eigenvalue weighted by molar-refractivity contribution is -0.274. The molecule has 0 heterocycles. The number of nitrogens with one attached hydrogen (secondary N) is 2. The number of aryl methyl sites for hydroxylation is 1. The van der Waals surface area contributed by atoms with Gasteiger partial charge in [-0.1, -0.05) is 48.0 Å². The van der Waals surface area contributed by atoms with E-state index in [0.717, 1.165) is 11.1 Å². The van der Waals surface area contributed by atoms with Crippen molar-refractivity contribution in [2.24, 2.45) is 0 Å². The molecule has 2 amide bonds. The highest BCUT2D eigenvalue weighted by Gasteiger charge is 2.31. The fourth-order valence-electron chi connectivity index (χ4n) is 2.30. The van der Waals surface area contributed by atoms with Gasteiger partial charge in [0.1, 0.15) is 5.75 Å². The first-order valence-electron chi connectivity index (χ1n) is 7.74. The van der Waals surface area contributed by atoms with Crippen LogP contribution in [0.3, 0.4) is 0 Å². The Hall–Kier alpha value is -2.70. The molecule has 0 saturated heterocycles. The summed E-state index contributed by atoms with van der Waals surface area (Å²) in [6.45, 7) is 2.35. The number of amides is 2. The number of rotatable bonds is 6. The fourth-order valence-corrected chi connectivity index (χ4v) is 2.30. The van der Waals surface area contributed by atoms with Crippen molar-refractivity contribution in [3.05, 3.63) is 65.2 Å². The van der Waals surface area contributed by atoms with Crippen molar-refractivity contribution in [1.29, 1.82) is 0 Å². The van der Waals surface area contributed by atoms with Gasteiger partial charge >= 0.3 is 12.4 Å². The summed E-state index contributed by atoms with van der Waals surface area (Å²) in [5.74, 6) is -0.324. The summed E-state index contributed by atoms with van der Waals surface area (Å²) in [4.78, 5) is 11.8. The van der Waals surface area contributed by atoms with E-state index in [1.807, 2.05) is 31.2 Å². The number of urea groups is 1. The van der Waals surface area contributed by atoms with E-state index in [4.69, 9.17) is 0 Å². The normalized spacial score (nSPS) is 11.0. The maximum absolute atomic E-state index is 12.4. The number of para-hydroxylation sites is 1. The number of alkyl halides is 3. The zero-order chi connectivity index (χ0) is 18.3. The van der Waals surface area contributed by atoms with Gasteiger partial charge < -0.3 is 15.4 Å². The molecule has 0 fully saturated rings. The predicted octanol–water partition coefficient (Wildman–Crippen LogP) is 3.94. The lowest BCUT2D eigenvalue weighted by Crippen LogP contribution is -2.36. The maximum Gasteiger partial charge on any atom is 0.573 e. The number of halogens is 3.